The topological polar surface area (TPSA) is 56.3 Å². The van der Waals surface area contributed by atoms with Gasteiger partial charge in [-0.1, -0.05) is 6.92 Å². The molecule has 0 saturated carbocycles. The molecule has 18 heavy (non-hydrogen) atoms. The summed E-state index contributed by atoms with van der Waals surface area (Å²) in [6, 6.07) is 3.17. The second-order valence-corrected chi connectivity index (χ2v) is 6.00. The predicted molar refractivity (Wildman–Crippen MR) is 75.2 cm³/mol. The van der Waals surface area contributed by atoms with E-state index in [4.69, 9.17) is 11.0 Å². The van der Waals surface area contributed by atoms with Gasteiger partial charge in [0, 0.05) is 18.6 Å². The van der Waals surface area contributed by atoms with Gasteiger partial charge in [0.15, 0.2) is 0 Å². The Hall–Kier alpha value is -0.630. The Kier molecular flexibility index (Phi) is 5.58. The van der Waals surface area contributed by atoms with Crippen LogP contribution in [0.3, 0.4) is 0 Å². The minimum absolute atomic E-state index is 0.371. The number of nitrogens with two attached hydrogens (primary N) is 1. The SMILES string of the molecule is CCC1CN(C)CCCN1C(C)CC(C)(N)C#N. The van der Waals surface area contributed by atoms with Crippen molar-refractivity contribution >= 4 is 0 Å². The van der Waals surface area contributed by atoms with Crippen molar-refractivity contribution in [3.8, 4) is 6.07 Å². The van der Waals surface area contributed by atoms with Crippen molar-refractivity contribution in [3.63, 3.8) is 0 Å². The predicted octanol–water partition coefficient (Wildman–Crippen LogP) is 1.42. The quantitative estimate of drug-likeness (QED) is 0.822. The Labute approximate surface area is 112 Å². The molecule has 1 heterocycles. The third kappa shape index (κ3) is 4.24. The van der Waals surface area contributed by atoms with E-state index >= 15 is 0 Å². The summed E-state index contributed by atoms with van der Waals surface area (Å²) in [7, 11) is 2.19. The van der Waals surface area contributed by atoms with E-state index in [9.17, 15) is 0 Å². The molecule has 2 N–H and O–H groups in total. The van der Waals surface area contributed by atoms with E-state index in [0.717, 1.165) is 32.5 Å². The fourth-order valence-corrected chi connectivity index (χ4v) is 2.98. The number of rotatable bonds is 4. The van der Waals surface area contributed by atoms with Crippen LogP contribution in [0.25, 0.3) is 0 Å². The monoisotopic (exact) mass is 252 g/mol. The van der Waals surface area contributed by atoms with Gasteiger partial charge in [0.25, 0.3) is 0 Å². The number of nitriles is 1. The molecular formula is C14H28N4. The molecule has 1 aliphatic heterocycles. The largest absolute Gasteiger partial charge is 0.314 e. The van der Waals surface area contributed by atoms with E-state index in [-0.39, 0.29) is 0 Å². The van der Waals surface area contributed by atoms with Crippen molar-refractivity contribution in [2.45, 2.75) is 57.7 Å². The van der Waals surface area contributed by atoms with Crippen molar-refractivity contribution in [3.05, 3.63) is 0 Å². The lowest BCUT2D eigenvalue weighted by Gasteiger charge is -2.37. The summed E-state index contributed by atoms with van der Waals surface area (Å²) in [4.78, 5) is 4.96. The van der Waals surface area contributed by atoms with Crippen molar-refractivity contribution < 1.29 is 0 Å². The fourth-order valence-electron chi connectivity index (χ4n) is 2.98. The minimum Gasteiger partial charge on any atom is -0.314 e. The third-order valence-electron chi connectivity index (χ3n) is 3.96. The van der Waals surface area contributed by atoms with Gasteiger partial charge in [0.05, 0.1) is 6.07 Å². The van der Waals surface area contributed by atoms with E-state index in [1.165, 1.54) is 6.42 Å². The first-order valence-corrected chi connectivity index (χ1v) is 7.04. The van der Waals surface area contributed by atoms with E-state index in [1.54, 1.807) is 0 Å². The van der Waals surface area contributed by atoms with Gasteiger partial charge in [-0.25, -0.2) is 0 Å². The van der Waals surface area contributed by atoms with Gasteiger partial charge >= 0.3 is 0 Å². The van der Waals surface area contributed by atoms with Gasteiger partial charge in [0.2, 0.25) is 0 Å². The molecule has 104 valence electrons. The minimum atomic E-state index is -0.712. The summed E-state index contributed by atoms with van der Waals surface area (Å²) in [6.07, 6.45) is 3.09. The molecule has 0 radical (unpaired) electrons. The molecule has 0 aromatic heterocycles. The molecule has 0 aromatic rings. The van der Waals surface area contributed by atoms with Crippen LogP contribution >= 0.6 is 0 Å². The Morgan fingerprint density at radius 3 is 2.72 bits per heavy atom. The lowest BCUT2D eigenvalue weighted by Crippen LogP contribution is -2.49. The number of hydrogen-bond acceptors (Lipinski definition) is 4. The van der Waals surface area contributed by atoms with Gasteiger partial charge in [-0.05, 0) is 53.2 Å². The van der Waals surface area contributed by atoms with Gasteiger partial charge < -0.3 is 10.6 Å². The maximum absolute atomic E-state index is 9.06. The maximum Gasteiger partial charge on any atom is 0.102 e. The van der Waals surface area contributed by atoms with Crippen LogP contribution in [-0.4, -0.2) is 54.1 Å². The molecule has 0 aliphatic carbocycles. The molecule has 0 aromatic carbocycles. The van der Waals surface area contributed by atoms with Gasteiger partial charge in [-0.2, -0.15) is 5.26 Å². The van der Waals surface area contributed by atoms with Gasteiger partial charge in [-0.3, -0.25) is 4.90 Å². The standard InChI is InChI=1S/C14H28N4/c1-5-13-10-17(4)7-6-8-18(13)12(2)9-14(3,16)11-15/h12-13H,5-10,16H2,1-4H3. The second kappa shape index (κ2) is 6.51. The first-order chi connectivity index (χ1) is 8.39. The molecule has 1 rings (SSSR count). The van der Waals surface area contributed by atoms with Crippen molar-refractivity contribution in [2.75, 3.05) is 26.7 Å². The summed E-state index contributed by atoms with van der Waals surface area (Å²) in [5, 5.41) is 9.06. The zero-order valence-electron chi connectivity index (χ0n) is 12.3. The average molecular weight is 252 g/mol. The van der Waals surface area contributed by atoms with Crippen LogP contribution in [0.5, 0.6) is 0 Å². The molecule has 4 nitrogen and oxygen atoms in total. The lowest BCUT2D eigenvalue weighted by molar-refractivity contribution is 0.122. The third-order valence-corrected chi connectivity index (χ3v) is 3.96. The number of nitrogens with zero attached hydrogens (tertiary/aromatic N) is 3. The lowest BCUT2D eigenvalue weighted by atomic mass is 9.94. The first kappa shape index (κ1) is 15.4. The summed E-state index contributed by atoms with van der Waals surface area (Å²) >= 11 is 0. The van der Waals surface area contributed by atoms with Crippen molar-refractivity contribution in [2.24, 2.45) is 5.73 Å². The molecule has 3 unspecified atom stereocenters. The van der Waals surface area contributed by atoms with Crippen molar-refractivity contribution in [1.29, 1.82) is 5.26 Å². The van der Waals surface area contributed by atoms with Crippen LogP contribution in [0.2, 0.25) is 0 Å². The smallest absolute Gasteiger partial charge is 0.102 e. The molecule has 1 fully saturated rings. The Bertz CT molecular complexity index is 295. The highest BCUT2D eigenvalue weighted by atomic mass is 15.2. The summed E-state index contributed by atoms with van der Waals surface area (Å²) in [5.74, 6) is 0. The van der Waals surface area contributed by atoms with E-state index in [0.29, 0.717) is 12.1 Å². The van der Waals surface area contributed by atoms with Gasteiger partial charge in [-0.15, -0.1) is 0 Å². The Morgan fingerprint density at radius 1 is 1.50 bits per heavy atom. The molecule has 0 amide bonds. The summed E-state index contributed by atoms with van der Waals surface area (Å²) in [5.41, 5.74) is 5.27. The van der Waals surface area contributed by atoms with E-state index in [2.05, 4.69) is 36.8 Å². The zero-order valence-corrected chi connectivity index (χ0v) is 12.3. The van der Waals surface area contributed by atoms with E-state index < -0.39 is 5.54 Å². The maximum atomic E-state index is 9.06. The summed E-state index contributed by atoms with van der Waals surface area (Å²) < 4.78 is 0. The normalized spacial score (nSPS) is 28.1. The highest BCUT2D eigenvalue weighted by Gasteiger charge is 2.30. The molecule has 1 saturated heterocycles. The van der Waals surface area contributed by atoms with Crippen LogP contribution in [-0.2, 0) is 0 Å². The van der Waals surface area contributed by atoms with Crippen LogP contribution in [0.1, 0.15) is 40.0 Å². The van der Waals surface area contributed by atoms with E-state index in [1.807, 2.05) is 6.92 Å². The Morgan fingerprint density at radius 2 is 2.17 bits per heavy atom. The second-order valence-electron chi connectivity index (χ2n) is 6.00. The molecule has 1 aliphatic rings. The van der Waals surface area contributed by atoms with Gasteiger partial charge in [0.1, 0.15) is 5.54 Å². The zero-order chi connectivity index (χ0) is 13.8. The highest BCUT2D eigenvalue weighted by Crippen LogP contribution is 2.20. The fraction of sp³-hybridized carbons (Fsp3) is 0.929. The summed E-state index contributed by atoms with van der Waals surface area (Å²) in [6.45, 7) is 9.68. The molecule has 0 spiro atoms. The van der Waals surface area contributed by atoms with Crippen LogP contribution in [0.15, 0.2) is 0 Å². The number of hydrogen-bond donors (Lipinski definition) is 1. The first-order valence-electron chi connectivity index (χ1n) is 7.04. The van der Waals surface area contributed by atoms with Crippen molar-refractivity contribution in [1.82, 2.24) is 9.80 Å². The molecule has 4 heteroatoms. The van der Waals surface area contributed by atoms with Crippen LogP contribution in [0.4, 0.5) is 0 Å². The molecule has 3 atom stereocenters. The molecule has 0 bridgehead atoms. The average Bonchev–Trinajstić information content (AvgIpc) is 2.50. The van der Waals surface area contributed by atoms with Crippen LogP contribution in [0, 0.1) is 11.3 Å². The Balaban J connectivity index is 2.69. The molecular weight excluding hydrogens is 224 g/mol. The van der Waals surface area contributed by atoms with Crippen LogP contribution < -0.4 is 5.73 Å². The number of likely N-dealkylation sites (N-methyl/N-ethyl adjacent to an activating group) is 1. The highest BCUT2D eigenvalue weighted by molar-refractivity contribution is 5.03.